The summed E-state index contributed by atoms with van der Waals surface area (Å²) in [5, 5.41) is 7.29. The minimum Gasteiger partial charge on any atom is -0.337 e. The summed E-state index contributed by atoms with van der Waals surface area (Å²) in [6.07, 6.45) is 0. The van der Waals surface area contributed by atoms with Gasteiger partial charge in [0, 0.05) is 18.1 Å². The van der Waals surface area contributed by atoms with Crippen LogP contribution in [0.1, 0.15) is 31.6 Å². The molecule has 1 atom stereocenters. The predicted molar refractivity (Wildman–Crippen MR) is 69.1 cm³/mol. The van der Waals surface area contributed by atoms with E-state index in [9.17, 15) is 0 Å². The number of nitrogens with one attached hydrogen (secondary N) is 1. The van der Waals surface area contributed by atoms with Gasteiger partial charge >= 0.3 is 0 Å². The number of thioether (sulfide) groups is 1. The van der Waals surface area contributed by atoms with Gasteiger partial charge in [-0.15, -0.1) is 0 Å². The standard InChI is InChI=1S/C11H20N4OS/c1-11(2,12-3)10-13-9(14-16-10)8-7-17-6-5-15(8)4/h8,12H,5-7H2,1-4H3. The minimum absolute atomic E-state index is 0.272. The number of nitrogens with zero attached hydrogens (tertiary/aromatic N) is 3. The van der Waals surface area contributed by atoms with E-state index in [1.807, 2.05) is 32.7 Å². The molecule has 1 aliphatic heterocycles. The van der Waals surface area contributed by atoms with E-state index in [2.05, 4.69) is 27.4 Å². The molecule has 5 nitrogen and oxygen atoms in total. The summed E-state index contributed by atoms with van der Waals surface area (Å²) in [5.41, 5.74) is -0.272. The fourth-order valence-corrected chi connectivity index (χ4v) is 2.90. The number of hydrogen-bond donors (Lipinski definition) is 1. The molecule has 2 rings (SSSR count). The van der Waals surface area contributed by atoms with Crippen LogP contribution in [-0.2, 0) is 5.54 Å². The lowest BCUT2D eigenvalue weighted by Gasteiger charge is -2.29. The summed E-state index contributed by atoms with van der Waals surface area (Å²) in [6.45, 7) is 5.14. The van der Waals surface area contributed by atoms with E-state index in [0.29, 0.717) is 5.89 Å². The smallest absolute Gasteiger partial charge is 0.246 e. The van der Waals surface area contributed by atoms with Crippen molar-refractivity contribution >= 4 is 11.8 Å². The number of hydrogen-bond acceptors (Lipinski definition) is 6. The van der Waals surface area contributed by atoms with Gasteiger partial charge in [0.2, 0.25) is 5.89 Å². The quantitative estimate of drug-likeness (QED) is 0.878. The van der Waals surface area contributed by atoms with Crippen molar-refractivity contribution in [2.75, 3.05) is 32.1 Å². The highest BCUT2D eigenvalue weighted by Crippen LogP contribution is 2.27. The molecule has 0 aromatic carbocycles. The van der Waals surface area contributed by atoms with Crippen molar-refractivity contribution < 1.29 is 4.52 Å². The zero-order chi connectivity index (χ0) is 12.5. The van der Waals surface area contributed by atoms with Crippen molar-refractivity contribution in [1.82, 2.24) is 20.4 Å². The maximum Gasteiger partial charge on any atom is 0.246 e. The Morgan fingerprint density at radius 2 is 2.29 bits per heavy atom. The van der Waals surface area contributed by atoms with E-state index in [-0.39, 0.29) is 11.6 Å². The second kappa shape index (κ2) is 4.96. The zero-order valence-electron chi connectivity index (χ0n) is 10.9. The average molecular weight is 256 g/mol. The molecule has 1 aliphatic rings. The molecule has 1 saturated heterocycles. The van der Waals surface area contributed by atoms with Gasteiger partial charge in [0.05, 0.1) is 11.6 Å². The van der Waals surface area contributed by atoms with Crippen LogP contribution in [0.2, 0.25) is 0 Å². The highest BCUT2D eigenvalue weighted by Gasteiger charge is 2.30. The van der Waals surface area contributed by atoms with Crippen LogP contribution in [0.5, 0.6) is 0 Å². The van der Waals surface area contributed by atoms with Crippen molar-refractivity contribution in [1.29, 1.82) is 0 Å². The molecule has 1 aromatic rings. The molecule has 0 radical (unpaired) electrons. The molecule has 0 aliphatic carbocycles. The van der Waals surface area contributed by atoms with Crippen LogP contribution in [0.15, 0.2) is 4.52 Å². The van der Waals surface area contributed by atoms with Gasteiger partial charge in [-0.3, -0.25) is 4.90 Å². The largest absolute Gasteiger partial charge is 0.337 e. The van der Waals surface area contributed by atoms with Gasteiger partial charge in [0.25, 0.3) is 0 Å². The summed E-state index contributed by atoms with van der Waals surface area (Å²) in [4.78, 5) is 6.82. The lowest BCUT2D eigenvalue weighted by molar-refractivity contribution is 0.251. The normalized spacial score (nSPS) is 22.9. The van der Waals surface area contributed by atoms with Crippen molar-refractivity contribution in [3.63, 3.8) is 0 Å². The topological polar surface area (TPSA) is 54.2 Å². The second-order valence-electron chi connectivity index (χ2n) is 4.90. The molecular formula is C11H20N4OS. The first-order valence-electron chi connectivity index (χ1n) is 5.85. The summed E-state index contributed by atoms with van der Waals surface area (Å²) in [5.74, 6) is 3.67. The molecule has 0 spiro atoms. The molecule has 1 fully saturated rings. The molecule has 1 N–H and O–H groups in total. The molecule has 0 bridgehead atoms. The first kappa shape index (κ1) is 12.9. The predicted octanol–water partition coefficient (Wildman–Crippen LogP) is 1.24. The Morgan fingerprint density at radius 3 is 2.94 bits per heavy atom. The van der Waals surface area contributed by atoms with Gasteiger partial charge in [-0.05, 0) is 27.9 Å². The first-order valence-corrected chi connectivity index (χ1v) is 7.01. The van der Waals surface area contributed by atoms with Gasteiger partial charge < -0.3 is 9.84 Å². The van der Waals surface area contributed by atoms with Crippen LogP contribution in [0.3, 0.4) is 0 Å². The van der Waals surface area contributed by atoms with E-state index in [1.54, 1.807) is 0 Å². The molecule has 6 heteroatoms. The van der Waals surface area contributed by atoms with Crippen molar-refractivity contribution in [3.8, 4) is 0 Å². The molecule has 1 unspecified atom stereocenters. The van der Waals surface area contributed by atoms with Crippen LogP contribution in [0, 0.1) is 0 Å². The van der Waals surface area contributed by atoms with E-state index in [4.69, 9.17) is 4.52 Å². The van der Waals surface area contributed by atoms with Gasteiger partial charge in [0.1, 0.15) is 0 Å². The van der Waals surface area contributed by atoms with Gasteiger partial charge in [-0.2, -0.15) is 16.7 Å². The van der Waals surface area contributed by atoms with Crippen molar-refractivity contribution in [2.24, 2.45) is 0 Å². The Labute approximate surface area is 106 Å². The Hall–Kier alpha value is -0.590. The van der Waals surface area contributed by atoms with E-state index in [0.717, 1.165) is 18.1 Å². The molecule has 1 aromatic heterocycles. The zero-order valence-corrected chi connectivity index (χ0v) is 11.7. The Balaban J connectivity index is 2.17. The molecular weight excluding hydrogens is 236 g/mol. The summed E-state index contributed by atoms with van der Waals surface area (Å²) >= 11 is 1.95. The Kier molecular flexibility index (Phi) is 3.75. The van der Waals surface area contributed by atoms with Crippen LogP contribution in [0.4, 0.5) is 0 Å². The fourth-order valence-electron chi connectivity index (χ4n) is 1.69. The molecule has 0 saturated carbocycles. The third kappa shape index (κ3) is 2.64. The fraction of sp³-hybridized carbons (Fsp3) is 0.818. The highest BCUT2D eigenvalue weighted by atomic mass is 32.2. The van der Waals surface area contributed by atoms with Gasteiger partial charge in [0.15, 0.2) is 5.82 Å². The minimum atomic E-state index is -0.272. The van der Waals surface area contributed by atoms with Gasteiger partial charge in [-0.1, -0.05) is 5.16 Å². The van der Waals surface area contributed by atoms with Crippen LogP contribution >= 0.6 is 11.8 Å². The number of rotatable bonds is 3. The van der Waals surface area contributed by atoms with Gasteiger partial charge in [-0.25, -0.2) is 0 Å². The van der Waals surface area contributed by atoms with E-state index in [1.165, 1.54) is 5.75 Å². The molecule has 96 valence electrons. The third-order valence-corrected chi connectivity index (χ3v) is 4.32. The Morgan fingerprint density at radius 1 is 1.53 bits per heavy atom. The molecule has 0 amide bonds. The number of aromatic nitrogens is 2. The third-order valence-electron chi connectivity index (χ3n) is 3.30. The van der Waals surface area contributed by atoms with Crippen molar-refractivity contribution in [3.05, 3.63) is 11.7 Å². The second-order valence-corrected chi connectivity index (χ2v) is 6.05. The highest BCUT2D eigenvalue weighted by molar-refractivity contribution is 7.99. The van der Waals surface area contributed by atoms with E-state index < -0.39 is 0 Å². The summed E-state index contributed by atoms with van der Waals surface area (Å²) < 4.78 is 5.36. The first-order chi connectivity index (χ1) is 8.04. The SMILES string of the molecule is CNC(C)(C)c1nc(C2CSCCN2C)no1. The van der Waals surface area contributed by atoms with Crippen molar-refractivity contribution in [2.45, 2.75) is 25.4 Å². The average Bonchev–Trinajstić information content (AvgIpc) is 2.79. The van der Waals surface area contributed by atoms with Crippen LogP contribution < -0.4 is 5.32 Å². The lowest BCUT2D eigenvalue weighted by atomic mass is 10.1. The monoisotopic (exact) mass is 256 g/mol. The van der Waals surface area contributed by atoms with Crippen LogP contribution in [0.25, 0.3) is 0 Å². The summed E-state index contributed by atoms with van der Waals surface area (Å²) in [7, 11) is 4.01. The maximum absolute atomic E-state index is 5.36. The summed E-state index contributed by atoms with van der Waals surface area (Å²) in [6, 6.07) is 0.277. The Bertz CT molecular complexity index is 379. The van der Waals surface area contributed by atoms with E-state index >= 15 is 0 Å². The maximum atomic E-state index is 5.36. The molecule has 17 heavy (non-hydrogen) atoms. The molecule has 2 heterocycles. The van der Waals surface area contributed by atoms with Crippen LogP contribution in [-0.4, -0.2) is 47.2 Å². The lowest BCUT2D eigenvalue weighted by Crippen LogP contribution is -2.35.